The van der Waals surface area contributed by atoms with Crippen molar-refractivity contribution in [3.8, 4) is 0 Å². The van der Waals surface area contributed by atoms with E-state index in [9.17, 15) is 4.79 Å². The van der Waals surface area contributed by atoms with Gasteiger partial charge in [0.25, 0.3) is 0 Å². The average molecular weight is 438 g/mol. The van der Waals surface area contributed by atoms with Crippen molar-refractivity contribution in [1.82, 2.24) is 9.88 Å². The van der Waals surface area contributed by atoms with E-state index in [0.29, 0.717) is 18.0 Å². The number of thiazole rings is 1. The van der Waals surface area contributed by atoms with Gasteiger partial charge in [0.05, 0.1) is 16.6 Å². The molecule has 0 atom stereocenters. The summed E-state index contributed by atoms with van der Waals surface area (Å²) in [5.74, 6) is 0.0604. The van der Waals surface area contributed by atoms with Gasteiger partial charge < -0.3 is 4.90 Å². The Morgan fingerprint density at radius 3 is 2.50 bits per heavy atom. The van der Waals surface area contributed by atoms with E-state index >= 15 is 0 Å². The molecule has 2 aromatic carbocycles. The molecule has 1 heterocycles. The summed E-state index contributed by atoms with van der Waals surface area (Å²) in [6.07, 6.45) is 0.366. The Morgan fingerprint density at radius 2 is 1.82 bits per heavy atom. The number of halogens is 2. The highest BCUT2D eigenvalue weighted by Gasteiger charge is 2.20. The maximum Gasteiger partial charge on any atom is 0.233 e. The van der Waals surface area contributed by atoms with Crippen molar-refractivity contribution in [2.24, 2.45) is 0 Å². The van der Waals surface area contributed by atoms with E-state index in [2.05, 4.69) is 35.9 Å². The zero-order valence-corrected chi connectivity index (χ0v) is 18.9. The van der Waals surface area contributed by atoms with Crippen LogP contribution in [0.25, 0.3) is 10.2 Å². The SMILES string of the molecule is Cc1ccc(CC(=O)N(CCN(C)C)c2nc3ccc(Cl)cc3s2)cc1C.Cl. The molecule has 0 unspecified atom stereocenters. The normalized spacial score (nSPS) is 10.9. The Bertz CT molecular complexity index is 971. The summed E-state index contributed by atoms with van der Waals surface area (Å²) >= 11 is 7.61. The number of nitrogens with zero attached hydrogens (tertiary/aromatic N) is 3. The molecule has 150 valence electrons. The van der Waals surface area contributed by atoms with Crippen LogP contribution >= 0.6 is 35.3 Å². The maximum atomic E-state index is 13.1. The molecule has 0 radical (unpaired) electrons. The Morgan fingerprint density at radius 1 is 1.07 bits per heavy atom. The summed E-state index contributed by atoms with van der Waals surface area (Å²) in [5.41, 5.74) is 4.34. The lowest BCUT2D eigenvalue weighted by atomic mass is 10.0. The van der Waals surface area contributed by atoms with Crippen molar-refractivity contribution in [3.63, 3.8) is 0 Å². The third-order valence-corrected chi connectivity index (χ3v) is 5.84. The molecule has 0 N–H and O–H groups in total. The average Bonchev–Trinajstić information content (AvgIpc) is 3.00. The predicted molar refractivity (Wildman–Crippen MR) is 122 cm³/mol. The van der Waals surface area contributed by atoms with Gasteiger partial charge in [0.1, 0.15) is 0 Å². The lowest BCUT2D eigenvalue weighted by molar-refractivity contribution is -0.118. The zero-order valence-electron chi connectivity index (χ0n) is 16.5. The van der Waals surface area contributed by atoms with Crippen LogP contribution in [-0.2, 0) is 11.2 Å². The lowest BCUT2D eigenvalue weighted by Gasteiger charge is -2.22. The van der Waals surface area contributed by atoms with Gasteiger partial charge in [0.2, 0.25) is 5.91 Å². The summed E-state index contributed by atoms with van der Waals surface area (Å²) in [4.78, 5) is 21.7. The van der Waals surface area contributed by atoms with E-state index in [0.717, 1.165) is 27.5 Å². The molecule has 0 bridgehead atoms. The minimum absolute atomic E-state index is 0. The molecule has 4 nitrogen and oxygen atoms in total. The summed E-state index contributed by atoms with van der Waals surface area (Å²) in [7, 11) is 4.01. The molecule has 0 aliphatic heterocycles. The van der Waals surface area contributed by atoms with E-state index in [1.807, 2.05) is 38.4 Å². The molecule has 0 saturated carbocycles. The first-order valence-electron chi connectivity index (χ1n) is 8.91. The smallest absolute Gasteiger partial charge is 0.233 e. The summed E-state index contributed by atoms with van der Waals surface area (Å²) in [6.45, 7) is 5.53. The first-order chi connectivity index (χ1) is 12.8. The van der Waals surface area contributed by atoms with Gasteiger partial charge in [-0.3, -0.25) is 9.69 Å². The van der Waals surface area contributed by atoms with Gasteiger partial charge in [-0.2, -0.15) is 0 Å². The Hall–Kier alpha value is -1.66. The zero-order chi connectivity index (χ0) is 19.6. The Kier molecular flexibility index (Phi) is 7.84. The highest BCUT2D eigenvalue weighted by atomic mass is 35.5. The number of rotatable bonds is 6. The maximum absolute atomic E-state index is 13.1. The second-order valence-corrected chi connectivity index (χ2v) is 8.50. The molecule has 0 aliphatic rings. The molecular weight excluding hydrogens is 413 g/mol. The number of aryl methyl sites for hydroxylation is 2. The molecule has 1 aromatic heterocycles. The van der Waals surface area contributed by atoms with E-state index < -0.39 is 0 Å². The van der Waals surface area contributed by atoms with Gasteiger partial charge in [-0.15, -0.1) is 12.4 Å². The Labute approximate surface area is 181 Å². The van der Waals surface area contributed by atoms with Gasteiger partial charge >= 0.3 is 0 Å². The van der Waals surface area contributed by atoms with Gasteiger partial charge in [0.15, 0.2) is 5.13 Å². The monoisotopic (exact) mass is 437 g/mol. The van der Waals surface area contributed by atoms with Crippen molar-refractivity contribution in [2.45, 2.75) is 20.3 Å². The molecular formula is C21H25Cl2N3OS. The number of carbonyl (C=O) groups excluding carboxylic acids is 1. The summed E-state index contributed by atoms with van der Waals surface area (Å²) in [5, 5.41) is 1.40. The highest BCUT2D eigenvalue weighted by molar-refractivity contribution is 7.22. The first kappa shape index (κ1) is 22.6. The minimum Gasteiger partial charge on any atom is -0.308 e. The number of fused-ring (bicyclic) bond motifs is 1. The molecule has 0 saturated heterocycles. The van der Waals surface area contributed by atoms with Crippen LogP contribution in [0.3, 0.4) is 0 Å². The third-order valence-electron chi connectivity index (χ3n) is 4.57. The molecule has 28 heavy (non-hydrogen) atoms. The van der Waals surface area contributed by atoms with Crippen LogP contribution in [0.1, 0.15) is 16.7 Å². The number of aromatic nitrogens is 1. The molecule has 0 aliphatic carbocycles. The number of anilines is 1. The Balaban J connectivity index is 0.00000280. The molecule has 0 spiro atoms. The van der Waals surface area contributed by atoms with E-state index in [4.69, 9.17) is 11.6 Å². The van der Waals surface area contributed by atoms with Crippen molar-refractivity contribution in [2.75, 3.05) is 32.1 Å². The molecule has 1 amide bonds. The van der Waals surface area contributed by atoms with Crippen LogP contribution in [0.4, 0.5) is 5.13 Å². The van der Waals surface area contributed by atoms with Crippen molar-refractivity contribution >= 4 is 56.6 Å². The van der Waals surface area contributed by atoms with E-state index in [1.165, 1.54) is 22.5 Å². The van der Waals surface area contributed by atoms with E-state index in [1.54, 1.807) is 4.90 Å². The number of hydrogen-bond donors (Lipinski definition) is 0. The number of carbonyl (C=O) groups is 1. The van der Waals surface area contributed by atoms with Gasteiger partial charge in [-0.1, -0.05) is 41.1 Å². The van der Waals surface area contributed by atoms with Crippen LogP contribution in [0, 0.1) is 13.8 Å². The second-order valence-electron chi connectivity index (χ2n) is 7.05. The predicted octanol–water partition coefficient (Wildman–Crippen LogP) is 5.13. The fraction of sp³-hybridized carbons (Fsp3) is 0.333. The van der Waals surface area contributed by atoms with Crippen LogP contribution in [0.2, 0.25) is 5.02 Å². The first-order valence-corrected chi connectivity index (χ1v) is 10.1. The van der Waals surface area contributed by atoms with Crippen molar-refractivity contribution in [3.05, 3.63) is 58.1 Å². The number of benzene rings is 2. The third kappa shape index (κ3) is 5.45. The number of hydrogen-bond acceptors (Lipinski definition) is 4. The fourth-order valence-electron chi connectivity index (χ4n) is 2.81. The van der Waals surface area contributed by atoms with Crippen molar-refractivity contribution < 1.29 is 4.79 Å². The van der Waals surface area contributed by atoms with Crippen molar-refractivity contribution in [1.29, 1.82) is 0 Å². The molecule has 3 aromatic rings. The highest BCUT2D eigenvalue weighted by Crippen LogP contribution is 2.31. The standard InChI is InChI=1S/C21H24ClN3OS.ClH/c1-14-5-6-16(11-15(14)2)12-20(26)25(10-9-24(3)4)21-23-18-8-7-17(22)13-19(18)27-21;/h5-8,11,13H,9-10,12H2,1-4H3;1H. The van der Waals surface area contributed by atoms with Gasteiger partial charge in [-0.05, 0) is 62.8 Å². The summed E-state index contributed by atoms with van der Waals surface area (Å²) < 4.78 is 0.992. The van der Waals surface area contributed by atoms with Crippen LogP contribution in [0.15, 0.2) is 36.4 Å². The number of likely N-dealkylation sites (N-methyl/N-ethyl adjacent to an activating group) is 1. The fourth-order valence-corrected chi connectivity index (χ4v) is 4.10. The van der Waals surface area contributed by atoms with Gasteiger partial charge in [0, 0.05) is 18.1 Å². The van der Waals surface area contributed by atoms with Crippen LogP contribution in [-0.4, -0.2) is 43.0 Å². The second kappa shape index (κ2) is 9.70. The minimum atomic E-state index is 0. The molecule has 0 fully saturated rings. The molecule has 7 heteroatoms. The van der Waals surface area contributed by atoms with Crippen LogP contribution < -0.4 is 4.90 Å². The summed E-state index contributed by atoms with van der Waals surface area (Å²) in [6, 6.07) is 11.8. The lowest BCUT2D eigenvalue weighted by Crippen LogP contribution is -2.37. The number of amides is 1. The van der Waals surface area contributed by atoms with Gasteiger partial charge in [-0.25, -0.2) is 4.98 Å². The van der Waals surface area contributed by atoms with E-state index in [-0.39, 0.29) is 18.3 Å². The topological polar surface area (TPSA) is 36.4 Å². The molecule has 3 rings (SSSR count). The van der Waals surface area contributed by atoms with Crippen LogP contribution in [0.5, 0.6) is 0 Å². The quantitative estimate of drug-likeness (QED) is 0.536. The largest absolute Gasteiger partial charge is 0.308 e.